The van der Waals surface area contributed by atoms with Crippen LogP contribution in [-0.4, -0.2) is 42.3 Å². The molecule has 1 atom stereocenters. The third-order valence-corrected chi connectivity index (χ3v) is 5.23. The van der Waals surface area contributed by atoms with E-state index in [4.69, 9.17) is 16.3 Å². The normalized spacial score (nSPS) is 16.0. The average molecular weight is 418 g/mol. The van der Waals surface area contributed by atoms with Crippen molar-refractivity contribution in [3.8, 4) is 5.75 Å². The van der Waals surface area contributed by atoms with Crippen molar-refractivity contribution in [1.82, 2.24) is 4.90 Å². The lowest BCUT2D eigenvalue weighted by Crippen LogP contribution is -2.34. The van der Waals surface area contributed by atoms with E-state index in [1.165, 1.54) is 23.1 Å². The molecule has 0 bridgehead atoms. The largest absolute Gasteiger partial charge is 0.497 e. The summed E-state index contributed by atoms with van der Waals surface area (Å²) in [7, 11) is 3.14. The zero-order chi connectivity index (χ0) is 21.1. The molecule has 0 aromatic heterocycles. The number of nitro groups is 1. The standard InChI is InChI=1S/C20H20ClN3O5/c1-22(11-13-8-16(24(27)28)6-7-18(13)21)20(26)14-9-19(25)23(12-14)15-4-3-5-17(10-15)29-2/h3-8,10,14H,9,11-12H2,1-2H3/t14-/m0/s1. The van der Waals surface area contributed by atoms with Gasteiger partial charge in [0, 0.05) is 55.5 Å². The molecule has 1 fully saturated rings. The minimum atomic E-state index is -0.511. The van der Waals surface area contributed by atoms with E-state index < -0.39 is 10.8 Å². The maximum atomic E-state index is 12.9. The van der Waals surface area contributed by atoms with E-state index in [0.717, 1.165) is 0 Å². The van der Waals surface area contributed by atoms with Gasteiger partial charge in [0.15, 0.2) is 0 Å². The molecule has 152 valence electrons. The minimum absolute atomic E-state index is 0.0921. The fourth-order valence-electron chi connectivity index (χ4n) is 3.34. The molecule has 8 nitrogen and oxygen atoms in total. The SMILES string of the molecule is COc1cccc(N2C[C@@H](C(=O)N(C)Cc3cc([N+](=O)[O-])ccc3Cl)CC2=O)c1. The van der Waals surface area contributed by atoms with Crippen molar-refractivity contribution in [2.45, 2.75) is 13.0 Å². The predicted molar refractivity (Wildman–Crippen MR) is 108 cm³/mol. The predicted octanol–water partition coefficient (Wildman–Crippen LogP) is 3.27. The number of nitrogens with zero attached hydrogens (tertiary/aromatic N) is 3. The second-order valence-electron chi connectivity index (χ2n) is 6.83. The second-order valence-corrected chi connectivity index (χ2v) is 7.24. The number of rotatable bonds is 6. The molecule has 1 heterocycles. The molecule has 0 unspecified atom stereocenters. The average Bonchev–Trinajstić information content (AvgIpc) is 3.10. The Labute approximate surface area is 172 Å². The first-order chi connectivity index (χ1) is 13.8. The highest BCUT2D eigenvalue weighted by atomic mass is 35.5. The molecular weight excluding hydrogens is 398 g/mol. The van der Waals surface area contributed by atoms with Crippen LogP contribution >= 0.6 is 11.6 Å². The number of hydrogen-bond acceptors (Lipinski definition) is 5. The highest BCUT2D eigenvalue weighted by Crippen LogP contribution is 2.29. The van der Waals surface area contributed by atoms with Crippen LogP contribution in [0, 0.1) is 16.0 Å². The van der Waals surface area contributed by atoms with Crippen LogP contribution in [0.4, 0.5) is 11.4 Å². The summed E-state index contributed by atoms with van der Waals surface area (Å²) >= 11 is 6.13. The Morgan fingerprint density at radius 1 is 1.34 bits per heavy atom. The van der Waals surface area contributed by atoms with Crippen molar-refractivity contribution >= 4 is 34.8 Å². The molecule has 2 aromatic carbocycles. The summed E-state index contributed by atoms with van der Waals surface area (Å²) in [5.74, 6) is -0.233. The van der Waals surface area contributed by atoms with E-state index in [2.05, 4.69) is 0 Å². The summed E-state index contributed by atoms with van der Waals surface area (Å²) in [6.07, 6.45) is 0.100. The van der Waals surface area contributed by atoms with Gasteiger partial charge in [0.25, 0.3) is 5.69 Å². The zero-order valence-corrected chi connectivity index (χ0v) is 16.8. The van der Waals surface area contributed by atoms with Gasteiger partial charge in [-0.15, -0.1) is 0 Å². The first-order valence-corrected chi connectivity index (χ1v) is 9.30. The summed E-state index contributed by atoms with van der Waals surface area (Å²) in [6.45, 7) is 0.376. The van der Waals surface area contributed by atoms with Crippen molar-refractivity contribution < 1.29 is 19.2 Å². The van der Waals surface area contributed by atoms with Gasteiger partial charge in [-0.1, -0.05) is 17.7 Å². The van der Waals surface area contributed by atoms with Crippen molar-refractivity contribution in [1.29, 1.82) is 0 Å². The van der Waals surface area contributed by atoms with Crippen LogP contribution in [0.15, 0.2) is 42.5 Å². The van der Waals surface area contributed by atoms with Crippen LogP contribution in [-0.2, 0) is 16.1 Å². The van der Waals surface area contributed by atoms with Crippen LogP contribution in [0.25, 0.3) is 0 Å². The summed E-state index contributed by atoms with van der Waals surface area (Å²) in [5.41, 5.74) is 1.06. The number of amides is 2. The minimum Gasteiger partial charge on any atom is -0.497 e. The van der Waals surface area contributed by atoms with Crippen molar-refractivity contribution in [3.63, 3.8) is 0 Å². The fourth-order valence-corrected chi connectivity index (χ4v) is 3.52. The zero-order valence-electron chi connectivity index (χ0n) is 16.0. The van der Waals surface area contributed by atoms with Gasteiger partial charge in [0.05, 0.1) is 18.0 Å². The van der Waals surface area contributed by atoms with Crippen LogP contribution in [0.2, 0.25) is 5.02 Å². The Bertz CT molecular complexity index is 965. The Balaban J connectivity index is 1.71. The molecule has 2 aromatic rings. The lowest BCUT2D eigenvalue weighted by atomic mass is 10.1. The van der Waals surface area contributed by atoms with E-state index in [0.29, 0.717) is 22.0 Å². The summed E-state index contributed by atoms with van der Waals surface area (Å²) in [6, 6.07) is 11.2. The van der Waals surface area contributed by atoms with E-state index in [9.17, 15) is 19.7 Å². The number of halogens is 1. The monoisotopic (exact) mass is 417 g/mol. The number of benzene rings is 2. The number of methoxy groups -OCH3 is 1. The Morgan fingerprint density at radius 2 is 2.10 bits per heavy atom. The van der Waals surface area contributed by atoms with Crippen molar-refractivity contribution in [3.05, 3.63) is 63.2 Å². The van der Waals surface area contributed by atoms with Crippen molar-refractivity contribution in [2.75, 3.05) is 25.6 Å². The van der Waals surface area contributed by atoms with Gasteiger partial charge in [-0.25, -0.2) is 0 Å². The highest BCUT2D eigenvalue weighted by molar-refractivity contribution is 6.31. The van der Waals surface area contributed by atoms with Crippen LogP contribution in [0.3, 0.4) is 0 Å². The molecule has 1 aliphatic rings. The van der Waals surface area contributed by atoms with E-state index >= 15 is 0 Å². The number of carbonyl (C=O) groups is 2. The van der Waals surface area contributed by atoms with Gasteiger partial charge in [0.1, 0.15) is 5.75 Å². The fraction of sp³-hybridized carbons (Fsp3) is 0.300. The summed E-state index contributed by atoms with van der Waals surface area (Å²) < 4.78 is 5.19. The summed E-state index contributed by atoms with van der Waals surface area (Å²) in [4.78, 5) is 38.8. The Kier molecular flexibility index (Phi) is 6.03. The first-order valence-electron chi connectivity index (χ1n) is 8.92. The first kappa shape index (κ1) is 20.6. The van der Waals surface area contributed by atoms with E-state index in [1.807, 2.05) is 0 Å². The lowest BCUT2D eigenvalue weighted by molar-refractivity contribution is -0.384. The number of carbonyl (C=O) groups excluding carboxylic acids is 2. The molecule has 1 aliphatic heterocycles. The van der Waals surface area contributed by atoms with Gasteiger partial charge >= 0.3 is 0 Å². The molecule has 29 heavy (non-hydrogen) atoms. The number of non-ortho nitro benzene ring substituents is 1. The molecule has 0 radical (unpaired) electrons. The van der Waals surface area contributed by atoms with Gasteiger partial charge in [-0.3, -0.25) is 19.7 Å². The van der Waals surface area contributed by atoms with Crippen LogP contribution < -0.4 is 9.64 Å². The molecule has 0 N–H and O–H groups in total. The van der Waals surface area contributed by atoms with E-state index in [-0.39, 0.29) is 37.0 Å². The van der Waals surface area contributed by atoms with Crippen molar-refractivity contribution in [2.24, 2.45) is 5.92 Å². The molecule has 0 spiro atoms. The summed E-state index contributed by atoms with van der Waals surface area (Å²) in [5, 5.41) is 11.3. The van der Waals surface area contributed by atoms with Crippen LogP contribution in [0.5, 0.6) is 5.75 Å². The molecule has 1 saturated heterocycles. The maximum Gasteiger partial charge on any atom is 0.269 e. The Morgan fingerprint density at radius 3 is 2.79 bits per heavy atom. The number of ether oxygens (including phenoxy) is 1. The smallest absolute Gasteiger partial charge is 0.269 e. The van der Waals surface area contributed by atoms with Gasteiger partial charge in [-0.2, -0.15) is 0 Å². The third-order valence-electron chi connectivity index (χ3n) is 4.86. The maximum absolute atomic E-state index is 12.9. The molecule has 3 rings (SSSR count). The topological polar surface area (TPSA) is 93.0 Å². The van der Waals surface area contributed by atoms with E-state index in [1.54, 1.807) is 43.3 Å². The molecule has 2 amide bonds. The van der Waals surface area contributed by atoms with Crippen LogP contribution in [0.1, 0.15) is 12.0 Å². The molecule has 9 heteroatoms. The van der Waals surface area contributed by atoms with Gasteiger partial charge < -0.3 is 14.5 Å². The second kappa shape index (κ2) is 8.48. The third kappa shape index (κ3) is 4.48. The van der Waals surface area contributed by atoms with Gasteiger partial charge in [-0.05, 0) is 23.8 Å². The number of anilines is 1. The molecule has 0 aliphatic carbocycles. The van der Waals surface area contributed by atoms with Gasteiger partial charge in [0.2, 0.25) is 11.8 Å². The highest BCUT2D eigenvalue weighted by Gasteiger charge is 2.36. The quantitative estimate of drug-likeness (QED) is 0.531. The number of nitro benzene ring substituents is 1. The number of hydrogen-bond donors (Lipinski definition) is 0. The molecule has 0 saturated carbocycles. The lowest BCUT2D eigenvalue weighted by Gasteiger charge is -2.22. The molecular formula is C20H20ClN3O5. The Hall–Kier alpha value is -3.13.